The first-order valence-electron chi connectivity index (χ1n) is 4.93. The van der Waals surface area contributed by atoms with Crippen LogP contribution in [0.15, 0.2) is 30.3 Å². The van der Waals surface area contributed by atoms with E-state index in [1.54, 1.807) is 0 Å². The van der Waals surface area contributed by atoms with Gasteiger partial charge in [-0.2, -0.15) is 0 Å². The number of carbonyl (C=O) groups is 1. The molecular formula is C13H16O. The largest absolute Gasteiger partial charge is 0.299 e. The summed E-state index contributed by atoms with van der Waals surface area (Å²) in [6, 6.07) is 8.31. The van der Waals surface area contributed by atoms with Gasteiger partial charge in [0.15, 0.2) is 0 Å². The second kappa shape index (κ2) is 5.38. The highest BCUT2D eigenvalue weighted by atomic mass is 16.1. The molecule has 0 amide bonds. The minimum atomic E-state index is 0.686. The van der Waals surface area contributed by atoms with Crippen molar-refractivity contribution in [2.75, 3.05) is 0 Å². The van der Waals surface area contributed by atoms with Crippen LogP contribution < -0.4 is 0 Å². The highest BCUT2D eigenvalue weighted by Gasteiger charge is 1.96. The monoisotopic (exact) mass is 188 g/mol. The van der Waals surface area contributed by atoms with Gasteiger partial charge in [-0.3, -0.25) is 4.79 Å². The molecule has 0 aliphatic heterocycles. The van der Waals surface area contributed by atoms with Gasteiger partial charge in [0.2, 0.25) is 0 Å². The Labute approximate surface area is 85.5 Å². The van der Waals surface area contributed by atoms with Gasteiger partial charge >= 0.3 is 0 Å². The molecule has 0 heterocycles. The minimum absolute atomic E-state index is 0.686. The molecule has 14 heavy (non-hydrogen) atoms. The first-order chi connectivity index (χ1) is 6.72. The van der Waals surface area contributed by atoms with Crippen LogP contribution in [0.5, 0.6) is 0 Å². The fraction of sp³-hybridized carbons (Fsp3) is 0.308. The van der Waals surface area contributed by atoms with E-state index in [0.717, 1.165) is 18.3 Å². The topological polar surface area (TPSA) is 17.1 Å². The molecule has 0 N–H and O–H groups in total. The summed E-state index contributed by atoms with van der Waals surface area (Å²) in [6.07, 6.45) is 5.23. The number of allylic oxidation sites excluding steroid dienone is 1. The van der Waals surface area contributed by atoms with Crippen LogP contribution >= 0.6 is 0 Å². The van der Waals surface area contributed by atoms with Crippen molar-refractivity contribution in [1.82, 2.24) is 0 Å². The summed E-state index contributed by atoms with van der Waals surface area (Å²) in [7, 11) is 0. The van der Waals surface area contributed by atoms with E-state index in [0.29, 0.717) is 5.92 Å². The lowest BCUT2D eigenvalue weighted by Crippen LogP contribution is -1.93. The average molecular weight is 188 g/mol. The zero-order valence-electron chi connectivity index (χ0n) is 8.73. The van der Waals surface area contributed by atoms with Crippen molar-refractivity contribution in [2.24, 2.45) is 5.92 Å². The number of rotatable bonds is 4. The van der Waals surface area contributed by atoms with Crippen molar-refractivity contribution >= 4 is 12.4 Å². The molecule has 0 saturated heterocycles. The Hall–Kier alpha value is -1.37. The van der Waals surface area contributed by atoms with E-state index >= 15 is 0 Å². The molecule has 0 aliphatic rings. The Bertz CT molecular complexity index is 307. The van der Waals surface area contributed by atoms with Crippen molar-refractivity contribution in [3.05, 3.63) is 41.5 Å². The Balaban J connectivity index is 2.68. The summed E-state index contributed by atoms with van der Waals surface area (Å²) < 4.78 is 0. The molecule has 0 bridgehead atoms. The van der Waals surface area contributed by atoms with Gasteiger partial charge < -0.3 is 0 Å². The number of carbonyl (C=O) groups excluding carboxylic acids is 1. The highest BCUT2D eigenvalue weighted by Crippen LogP contribution is 2.10. The van der Waals surface area contributed by atoms with Gasteiger partial charge in [0.1, 0.15) is 6.29 Å². The predicted molar refractivity (Wildman–Crippen MR) is 60.1 cm³/mol. The molecule has 1 heteroatoms. The fourth-order valence-corrected chi connectivity index (χ4v) is 1.39. The van der Waals surface area contributed by atoms with Crippen molar-refractivity contribution in [3.63, 3.8) is 0 Å². The molecule has 0 spiro atoms. The molecule has 74 valence electrons. The standard InChI is InChI=1S/C13H16O/c1-11(2)10-13-7-5-12(6-8-13)4-3-9-14/h3-9,11H,10H2,1-2H3/b4-3+. The van der Waals surface area contributed by atoms with Crippen molar-refractivity contribution in [2.45, 2.75) is 20.3 Å². The normalized spacial score (nSPS) is 11.1. The Morgan fingerprint density at radius 3 is 2.36 bits per heavy atom. The van der Waals surface area contributed by atoms with E-state index < -0.39 is 0 Å². The van der Waals surface area contributed by atoms with Gasteiger partial charge in [0.25, 0.3) is 0 Å². The van der Waals surface area contributed by atoms with Gasteiger partial charge in [0.05, 0.1) is 0 Å². The molecule has 0 atom stereocenters. The number of hydrogen-bond acceptors (Lipinski definition) is 1. The number of aldehydes is 1. The van der Waals surface area contributed by atoms with Gasteiger partial charge in [-0.15, -0.1) is 0 Å². The molecule has 1 nitrogen and oxygen atoms in total. The van der Waals surface area contributed by atoms with Crippen LogP contribution in [0, 0.1) is 5.92 Å². The highest BCUT2D eigenvalue weighted by molar-refractivity contribution is 5.73. The molecule has 1 rings (SSSR count). The minimum Gasteiger partial charge on any atom is -0.299 e. The second-order valence-electron chi connectivity index (χ2n) is 3.83. The average Bonchev–Trinajstić information content (AvgIpc) is 2.16. The Morgan fingerprint density at radius 2 is 1.86 bits per heavy atom. The van der Waals surface area contributed by atoms with E-state index in [-0.39, 0.29) is 0 Å². The van der Waals surface area contributed by atoms with Crippen LogP contribution in [0.25, 0.3) is 6.08 Å². The third-order valence-electron chi connectivity index (χ3n) is 1.99. The molecule has 1 aromatic rings. The maximum atomic E-state index is 10.1. The fourth-order valence-electron chi connectivity index (χ4n) is 1.39. The summed E-state index contributed by atoms with van der Waals surface area (Å²) >= 11 is 0. The molecular weight excluding hydrogens is 172 g/mol. The summed E-state index contributed by atoms with van der Waals surface area (Å²) in [4.78, 5) is 10.1. The van der Waals surface area contributed by atoms with Gasteiger partial charge in [0, 0.05) is 0 Å². The quantitative estimate of drug-likeness (QED) is 0.524. The lowest BCUT2D eigenvalue weighted by molar-refractivity contribution is -0.104. The van der Waals surface area contributed by atoms with E-state index in [2.05, 4.69) is 26.0 Å². The number of hydrogen-bond donors (Lipinski definition) is 0. The smallest absolute Gasteiger partial charge is 0.142 e. The molecule has 0 radical (unpaired) electrons. The lowest BCUT2D eigenvalue weighted by Gasteiger charge is -2.04. The third-order valence-corrected chi connectivity index (χ3v) is 1.99. The maximum Gasteiger partial charge on any atom is 0.142 e. The Morgan fingerprint density at radius 1 is 1.21 bits per heavy atom. The first kappa shape index (κ1) is 10.7. The molecule has 0 aromatic heterocycles. The molecule has 0 saturated carbocycles. The van der Waals surface area contributed by atoms with E-state index in [1.807, 2.05) is 18.2 Å². The SMILES string of the molecule is CC(C)Cc1ccc(/C=C/C=O)cc1. The second-order valence-corrected chi connectivity index (χ2v) is 3.83. The van der Waals surface area contributed by atoms with E-state index in [9.17, 15) is 4.79 Å². The van der Waals surface area contributed by atoms with Gasteiger partial charge in [-0.25, -0.2) is 0 Å². The lowest BCUT2D eigenvalue weighted by atomic mass is 10.0. The number of benzene rings is 1. The Kier molecular flexibility index (Phi) is 4.11. The van der Waals surface area contributed by atoms with Crippen LogP contribution in [0.2, 0.25) is 0 Å². The van der Waals surface area contributed by atoms with Crippen LogP contribution in [0.4, 0.5) is 0 Å². The summed E-state index contributed by atoms with van der Waals surface area (Å²) in [5, 5.41) is 0. The van der Waals surface area contributed by atoms with Gasteiger partial charge in [-0.05, 0) is 29.5 Å². The zero-order chi connectivity index (χ0) is 10.4. The van der Waals surface area contributed by atoms with Crippen LogP contribution in [0.1, 0.15) is 25.0 Å². The summed E-state index contributed by atoms with van der Waals surface area (Å²) in [6.45, 7) is 4.42. The van der Waals surface area contributed by atoms with Crippen molar-refractivity contribution in [3.8, 4) is 0 Å². The van der Waals surface area contributed by atoms with E-state index in [1.165, 1.54) is 11.6 Å². The molecule has 0 aliphatic carbocycles. The summed E-state index contributed by atoms with van der Waals surface area (Å²) in [5.41, 5.74) is 2.42. The third kappa shape index (κ3) is 3.56. The van der Waals surface area contributed by atoms with Crippen LogP contribution in [0.3, 0.4) is 0 Å². The van der Waals surface area contributed by atoms with Crippen molar-refractivity contribution in [1.29, 1.82) is 0 Å². The maximum absolute atomic E-state index is 10.1. The zero-order valence-corrected chi connectivity index (χ0v) is 8.73. The summed E-state index contributed by atoms with van der Waals surface area (Å²) in [5.74, 6) is 0.686. The molecule has 0 fully saturated rings. The van der Waals surface area contributed by atoms with Crippen LogP contribution in [-0.4, -0.2) is 6.29 Å². The first-order valence-corrected chi connectivity index (χ1v) is 4.93. The molecule has 0 unspecified atom stereocenters. The van der Waals surface area contributed by atoms with E-state index in [4.69, 9.17) is 0 Å². The molecule has 1 aromatic carbocycles. The predicted octanol–water partition coefficient (Wildman–Crippen LogP) is 3.10. The van der Waals surface area contributed by atoms with Crippen molar-refractivity contribution < 1.29 is 4.79 Å². The van der Waals surface area contributed by atoms with Crippen LogP contribution in [-0.2, 0) is 11.2 Å². The van der Waals surface area contributed by atoms with Gasteiger partial charge in [-0.1, -0.05) is 44.2 Å².